The number of rotatable bonds is 11. The second-order valence-corrected chi connectivity index (χ2v) is 6.71. The van der Waals surface area contributed by atoms with Gasteiger partial charge in [0, 0.05) is 19.5 Å². The van der Waals surface area contributed by atoms with E-state index in [0.717, 1.165) is 17.1 Å². The van der Waals surface area contributed by atoms with Gasteiger partial charge in [0.1, 0.15) is 17.5 Å². The summed E-state index contributed by atoms with van der Waals surface area (Å²) in [4.78, 5) is 26.9. The number of nitrogens with one attached hydrogen (secondary N) is 1. The number of nitrogens with zero attached hydrogens (tertiary/aromatic N) is 1. The van der Waals surface area contributed by atoms with Crippen molar-refractivity contribution in [1.29, 1.82) is 0 Å². The third-order valence-corrected chi connectivity index (χ3v) is 4.55. The quantitative estimate of drug-likeness (QED) is 0.589. The second-order valence-electron chi connectivity index (χ2n) is 6.71. The highest BCUT2D eigenvalue weighted by atomic mass is 16.5. The molecule has 2 amide bonds. The molecule has 2 aromatic carbocycles. The molecular weight excluding hydrogens is 368 g/mol. The molecule has 0 heterocycles. The summed E-state index contributed by atoms with van der Waals surface area (Å²) in [6.07, 6.45) is 0.880. The van der Waals surface area contributed by atoms with Gasteiger partial charge in [0.2, 0.25) is 11.8 Å². The summed E-state index contributed by atoms with van der Waals surface area (Å²) < 4.78 is 10.9. The molecule has 0 bridgehead atoms. The zero-order valence-electron chi connectivity index (χ0n) is 17.4. The van der Waals surface area contributed by atoms with Crippen molar-refractivity contribution in [2.75, 3.05) is 20.3 Å². The van der Waals surface area contributed by atoms with E-state index in [9.17, 15) is 9.59 Å². The molecule has 2 rings (SSSR count). The highest BCUT2D eigenvalue weighted by Crippen LogP contribution is 2.17. The monoisotopic (exact) mass is 398 g/mol. The minimum atomic E-state index is -0.566. The van der Waals surface area contributed by atoms with E-state index in [4.69, 9.17) is 9.47 Å². The highest BCUT2D eigenvalue weighted by Gasteiger charge is 2.25. The van der Waals surface area contributed by atoms with E-state index in [1.54, 1.807) is 18.9 Å². The van der Waals surface area contributed by atoms with E-state index >= 15 is 0 Å². The summed E-state index contributed by atoms with van der Waals surface area (Å²) in [6.45, 7) is 4.92. The third-order valence-electron chi connectivity index (χ3n) is 4.55. The molecule has 1 atom stereocenters. The largest absolute Gasteiger partial charge is 0.497 e. The fourth-order valence-corrected chi connectivity index (χ4v) is 2.95. The lowest BCUT2D eigenvalue weighted by Crippen LogP contribution is -2.47. The molecule has 6 nitrogen and oxygen atoms in total. The molecule has 0 aromatic heterocycles. The predicted molar refractivity (Wildman–Crippen MR) is 113 cm³/mol. The van der Waals surface area contributed by atoms with Crippen LogP contribution in [0.4, 0.5) is 0 Å². The van der Waals surface area contributed by atoms with Gasteiger partial charge in [-0.15, -0.1) is 0 Å². The van der Waals surface area contributed by atoms with E-state index in [1.807, 2.05) is 61.5 Å². The molecule has 6 heteroatoms. The molecule has 0 aliphatic heterocycles. The van der Waals surface area contributed by atoms with Crippen LogP contribution >= 0.6 is 0 Å². The van der Waals surface area contributed by atoms with Gasteiger partial charge in [0.15, 0.2) is 0 Å². The first-order chi connectivity index (χ1) is 14.0. The van der Waals surface area contributed by atoms with Gasteiger partial charge in [-0.1, -0.05) is 30.3 Å². The van der Waals surface area contributed by atoms with Crippen molar-refractivity contribution in [3.63, 3.8) is 0 Å². The molecule has 156 valence electrons. The molecule has 1 N–H and O–H groups in total. The van der Waals surface area contributed by atoms with Crippen LogP contribution in [0.25, 0.3) is 0 Å². The predicted octanol–water partition coefficient (Wildman–Crippen LogP) is 3.41. The summed E-state index contributed by atoms with van der Waals surface area (Å²) in [5.41, 5.74) is 0.911. The average Bonchev–Trinajstić information content (AvgIpc) is 2.75. The number of amides is 2. The number of carbonyl (C=O) groups is 2. The molecule has 0 fully saturated rings. The maximum absolute atomic E-state index is 12.9. The van der Waals surface area contributed by atoms with E-state index in [2.05, 4.69) is 5.32 Å². The molecule has 1 unspecified atom stereocenters. The van der Waals surface area contributed by atoms with Gasteiger partial charge < -0.3 is 19.7 Å². The Hall–Kier alpha value is -3.02. The van der Waals surface area contributed by atoms with Gasteiger partial charge in [-0.2, -0.15) is 0 Å². The smallest absolute Gasteiger partial charge is 0.242 e. The number of likely N-dealkylation sites (N-methyl/N-ethyl adjacent to an activating group) is 1. The van der Waals surface area contributed by atoms with Crippen molar-refractivity contribution in [3.8, 4) is 11.5 Å². The second kappa shape index (κ2) is 11.7. The first kappa shape index (κ1) is 22.3. The van der Waals surface area contributed by atoms with Crippen molar-refractivity contribution in [1.82, 2.24) is 10.2 Å². The molecule has 0 aliphatic rings. The summed E-state index contributed by atoms with van der Waals surface area (Å²) in [5, 5.41) is 2.80. The van der Waals surface area contributed by atoms with Gasteiger partial charge in [-0.05, 0) is 50.1 Å². The summed E-state index contributed by atoms with van der Waals surface area (Å²) in [7, 11) is 1.60. The molecule has 0 saturated carbocycles. The van der Waals surface area contributed by atoms with E-state index < -0.39 is 6.04 Å². The van der Waals surface area contributed by atoms with E-state index in [1.165, 1.54) is 0 Å². The molecule has 0 aliphatic carbocycles. The van der Waals surface area contributed by atoms with Crippen molar-refractivity contribution in [2.24, 2.45) is 0 Å². The fraction of sp³-hybridized carbons (Fsp3) is 0.391. The van der Waals surface area contributed by atoms with Crippen LogP contribution in [0.2, 0.25) is 0 Å². The number of carbonyl (C=O) groups excluding carboxylic acids is 2. The lowest BCUT2D eigenvalue weighted by atomic mass is 10.1. The van der Waals surface area contributed by atoms with E-state index in [-0.39, 0.29) is 11.8 Å². The van der Waals surface area contributed by atoms with Crippen LogP contribution in [-0.4, -0.2) is 43.0 Å². The van der Waals surface area contributed by atoms with Crippen LogP contribution < -0.4 is 14.8 Å². The number of ether oxygens (including phenoxy) is 2. The van der Waals surface area contributed by atoms with Gasteiger partial charge >= 0.3 is 0 Å². The first-order valence-electron chi connectivity index (χ1n) is 9.93. The summed E-state index contributed by atoms with van der Waals surface area (Å²) in [5.74, 6) is 1.26. The van der Waals surface area contributed by atoms with Crippen LogP contribution in [0.15, 0.2) is 54.6 Å². The topological polar surface area (TPSA) is 67.9 Å². The lowest BCUT2D eigenvalue weighted by Gasteiger charge is -2.29. The Morgan fingerprint density at radius 3 is 2.48 bits per heavy atom. The van der Waals surface area contributed by atoms with Crippen molar-refractivity contribution in [3.05, 3.63) is 60.2 Å². The van der Waals surface area contributed by atoms with Crippen molar-refractivity contribution in [2.45, 2.75) is 39.3 Å². The SMILES string of the molecule is CCNC(=O)C(C)N(Cc1cccc(OC)c1)C(=O)CCCOc1ccccc1. The Bertz CT molecular complexity index is 779. The summed E-state index contributed by atoms with van der Waals surface area (Å²) >= 11 is 0. The molecule has 0 radical (unpaired) electrons. The van der Waals surface area contributed by atoms with Gasteiger partial charge in [0.05, 0.1) is 13.7 Å². The highest BCUT2D eigenvalue weighted by molar-refractivity contribution is 5.87. The third kappa shape index (κ3) is 7.14. The summed E-state index contributed by atoms with van der Waals surface area (Å²) in [6, 6.07) is 16.5. The fourth-order valence-electron chi connectivity index (χ4n) is 2.95. The number of hydrogen-bond acceptors (Lipinski definition) is 4. The lowest BCUT2D eigenvalue weighted by molar-refractivity contribution is -0.140. The zero-order valence-corrected chi connectivity index (χ0v) is 17.4. The van der Waals surface area contributed by atoms with Crippen LogP contribution in [-0.2, 0) is 16.1 Å². The Kier molecular flexibility index (Phi) is 9.02. The Labute approximate surface area is 172 Å². The molecular formula is C23H30N2O4. The molecule has 0 saturated heterocycles. The average molecular weight is 399 g/mol. The van der Waals surface area contributed by atoms with Crippen LogP contribution in [0.5, 0.6) is 11.5 Å². The first-order valence-corrected chi connectivity index (χ1v) is 9.93. The molecule has 0 spiro atoms. The molecule has 2 aromatic rings. The standard InChI is InChI=1S/C23H30N2O4/c1-4-24-23(27)18(2)25(17-19-10-8-13-21(16-19)28-3)22(26)14-9-15-29-20-11-6-5-7-12-20/h5-8,10-13,16,18H,4,9,14-15,17H2,1-3H3,(H,24,27). The van der Waals surface area contributed by atoms with Gasteiger partial charge in [0.25, 0.3) is 0 Å². The normalized spacial score (nSPS) is 11.4. The number of hydrogen-bond donors (Lipinski definition) is 1. The van der Waals surface area contributed by atoms with Crippen molar-refractivity contribution < 1.29 is 19.1 Å². The van der Waals surface area contributed by atoms with Crippen LogP contribution in [0.1, 0.15) is 32.3 Å². The van der Waals surface area contributed by atoms with Crippen LogP contribution in [0, 0.1) is 0 Å². The maximum Gasteiger partial charge on any atom is 0.242 e. The number of para-hydroxylation sites is 1. The zero-order chi connectivity index (χ0) is 21.1. The minimum absolute atomic E-state index is 0.0803. The van der Waals surface area contributed by atoms with Gasteiger partial charge in [-0.25, -0.2) is 0 Å². The number of methoxy groups -OCH3 is 1. The maximum atomic E-state index is 12.9. The Balaban J connectivity index is 2.00. The minimum Gasteiger partial charge on any atom is -0.497 e. The molecule has 29 heavy (non-hydrogen) atoms. The Morgan fingerprint density at radius 1 is 1.07 bits per heavy atom. The van der Waals surface area contributed by atoms with Gasteiger partial charge in [-0.3, -0.25) is 9.59 Å². The number of benzene rings is 2. The Morgan fingerprint density at radius 2 is 1.79 bits per heavy atom. The van der Waals surface area contributed by atoms with Crippen LogP contribution in [0.3, 0.4) is 0 Å². The van der Waals surface area contributed by atoms with E-state index in [0.29, 0.717) is 32.5 Å². The van der Waals surface area contributed by atoms with Crippen molar-refractivity contribution >= 4 is 11.8 Å².